The molecular formula is C21H32O2. The van der Waals surface area contributed by atoms with Crippen LogP contribution in [0.2, 0.25) is 0 Å². The van der Waals surface area contributed by atoms with Gasteiger partial charge in [-0.1, -0.05) is 25.5 Å². The van der Waals surface area contributed by atoms with E-state index >= 15 is 0 Å². The Balaban J connectivity index is 1.73. The van der Waals surface area contributed by atoms with Crippen molar-refractivity contribution in [2.45, 2.75) is 71.6 Å². The summed E-state index contributed by atoms with van der Waals surface area (Å²) < 4.78 is 5.25. The molecule has 0 aromatic carbocycles. The highest BCUT2D eigenvalue weighted by molar-refractivity contribution is 5.77. The molecule has 0 aromatic rings. The quantitative estimate of drug-likeness (QED) is 0.495. The molecule has 128 valence electrons. The third kappa shape index (κ3) is 1.90. The lowest BCUT2D eigenvalue weighted by Gasteiger charge is -2.63. The standard InChI is InChI=1S/C21H32O2/c1-14-12-21-11-8-16-19(2,17(21)7-6-15(14)13-21)9-5-10-20(16,3)18(22)23-4/h15-17H,1,5-13H2,2-4H3/t15-,16?,17?,19-,20-,21-/m1/s1. The molecular weight excluding hydrogens is 284 g/mol. The Hall–Kier alpha value is -0.790. The van der Waals surface area contributed by atoms with Gasteiger partial charge in [0.1, 0.15) is 0 Å². The second kappa shape index (κ2) is 4.86. The highest BCUT2D eigenvalue weighted by Gasteiger charge is 2.65. The minimum atomic E-state index is -0.268. The summed E-state index contributed by atoms with van der Waals surface area (Å²) >= 11 is 0. The van der Waals surface area contributed by atoms with Crippen LogP contribution < -0.4 is 0 Å². The first-order chi connectivity index (χ1) is 10.9. The first kappa shape index (κ1) is 15.7. The van der Waals surface area contributed by atoms with Crippen LogP contribution in [0.25, 0.3) is 0 Å². The van der Waals surface area contributed by atoms with Gasteiger partial charge in [-0.25, -0.2) is 0 Å². The number of allylic oxidation sites excluding steroid dienone is 1. The zero-order valence-corrected chi connectivity index (χ0v) is 15.1. The fraction of sp³-hybridized carbons (Fsp3) is 0.857. The molecule has 0 heterocycles. The van der Waals surface area contributed by atoms with Crippen molar-refractivity contribution in [2.75, 3.05) is 7.11 Å². The SMILES string of the molecule is C=C1C[C@@]23CCC4[C@@](C)(CCC[C@@]4(C)C(=O)OC)C2CC[C@@H]1C3. The Bertz CT molecular complexity index is 552. The zero-order chi connectivity index (χ0) is 16.5. The first-order valence-electron chi connectivity index (χ1n) is 9.62. The van der Waals surface area contributed by atoms with Gasteiger partial charge in [0.15, 0.2) is 0 Å². The Morgan fingerprint density at radius 3 is 2.65 bits per heavy atom. The van der Waals surface area contributed by atoms with Crippen molar-refractivity contribution in [1.82, 2.24) is 0 Å². The van der Waals surface area contributed by atoms with Crippen molar-refractivity contribution in [3.63, 3.8) is 0 Å². The minimum absolute atomic E-state index is 0.0360. The van der Waals surface area contributed by atoms with Crippen LogP contribution in [0.1, 0.15) is 71.6 Å². The molecule has 0 aromatic heterocycles. The molecule has 0 saturated heterocycles. The van der Waals surface area contributed by atoms with Crippen LogP contribution in [-0.2, 0) is 9.53 Å². The number of esters is 1. The third-order valence-electron chi connectivity index (χ3n) is 8.71. The fourth-order valence-electron chi connectivity index (χ4n) is 7.83. The lowest BCUT2D eigenvalue weighted by Crippen LogP contribution is -2.58. The monoisotopic (exact) mass is 316 g/mol. The van der Waals surface area contributed by atoms with E-state index in [4.69, 9.17) is 4.74 Å². The number of carbonyl (C=O) groups is 1. The Labute approximate surface area is 141 Å². The van der Waals surface area contributed by atoms with E-state index in [0.717, 1.165) is 18.3 Å². The molecule has 23 heavy (non-hydrogen) atoms. The average molecular weight is 316 g/mol. The second-order valence-electron chi connectivity index (χ2n) is 9.59. The second-order valence-corrected chi connectivity index (χ2v) is 9.59. The molecule has 4 aliphatic carbocycles. The van der Waals surface area contributed by atoms with Crippen LogP contribution in [0.5, 0.6) is 0 Å². The van der Waals surface area contributed by atoms with Crippen LogP contribution in [-0.4, -0.2) is 13.1 Å². The van der Waals surface area contributed by atoms with Gasteiger partial charge in [-0.2, -0.15) is 0 Å². The van der Waals surface area contributed by atoms with Crippen molar-refractivity contribution in [1.29, 1.82) is 0 Å². The van der Waals surface area contributed by atoms with Gasteiger partial charge >= 0.3 is 5.97 Å². The molecule has 4 rings (SSSR count). The van der Waals surface area contributed by atoms with Crippen LogP contribution in [0.15, 0.2) is 12.2 Å². The largest absolute Gasteiger partial charge is 0.469 e. The molecule has 6 atom stereocenters. The van der Waals surface area contributed by atoms with E-state index in [9.17, 15) is 4.79 Å². The Morgan fingerprint density at radius 1 is 1.13 bits per heavy atom. The molecule has 4 fully saturated rings. The predicted molar refractivity (Wildman–Crippen MR) is 91.8 cm³/mol. The number of carbonyl (C=O) groups excluding carboxylic acids is 1. The number of fused-ring (bicyclic) bond motifs is 3. The number of methoxy groups -OCH3 is 1. The highest BCUT2D eigenvalue weighted by Crippen LogP contribution is 2.72. The van der Waals surface area contributed by atoms with Gasteiger partial charge in [0.25, 0.3) is 0 Å². The van der Waals surface area contributed by atoms with Gasteiger partial charge in [0.05, 0.1) is 12.5 Å². The number of rotatable bonds is 1. The molecule has 0 radical (unpaired) electrons. The minimum Gasteiger partial charge on any atom is -0.469 e. The summed E-state index contributed by atoms with van der Waals surface area (Å²) in [6, 6.07) is 0. The molecule has 2 unspecified atom stereocenters. The summed E-state index contributed by atoms with van der Waals surface area (Å²) in [6.07, 6.45) is 11.3. The van der Waals surface area contributed by atoms with Crippen molar-refractivity contribution >= 4 is 5.97 Å². The number of hydrogen-bond acceptors (Lipinski definition) is 2. The third-order valence-corrected chi connectivity index (χ3v) is 8.71. The lowest BCUT2D eigenvalue weighted by molar-refractivity contribution is -0.183. The van der Waals surface area contributed by atoms with Crippen molar-refractivity contribution < 1.29 is 9.53 Å². The van der Waals surface area contributed by atoms with Crippen LogP contribution in [0.3, 0.4) is 0 Å². The summed E-state index contributed by atoms with van der Waals surface area (Å²) in [5.41, 5.74) is 2.09. The van der Waals surface area contributed by atoms with E-state index < -0.39 is 0 Å². The maximum Gasteiger partial charge on any atom is 0.311 e. The molecule has 0 N–H and O–H groups in total. The van der Waals surface area contributed by atoms with Crippen LogP contribution in [0.4, 0.5) is 0 Å². The van der Waals surface area contributed by atoms with Gasteiger partial charge in [-0.3, -0.25) is 4.79 Å². The Kier molecular flexibility index (Phi) is 3.32. The van der Waals surface area contributed by atoms with Crippen LogP contribution in [0, 0.1) is 34.0 Å². The topological polar surface area (TPSA) is 26.3 Å². The summed E-state index contributed by atoms with van der Waals surface area (Å²) in [5.74, 6) is 2.11. The molecule has 2 nitrogen and oxygen atoms in total. The summed E-state index contributed by atoms with van der Waals surface area (Å²) in [5, 5.41) is 0. The van der Waals surface area contributed by atoms with Gasteiger partial charge in [-0.05, 0) is 86.9 Å². The van der Waals surface area contributed by atoms with Crippen molar-refractivity contribution in [2.24, 2.45) is 34.0 Å². The predicted octanol–water partition coefficient (Wildman–Crippen LogP) is 5.13. The number of hydrogen-bond donors (Lipinski definition) is 0. The highest BCUT2D eigenvalue weighted by atomic mass is 16.5. The van der Waals surface area contributed by atoms with Gasteiger partial charge in [-0.15, -0.1) is 0 Å². The zero-order valence-electron chi connectivity index (χ0n) is 15.1. The first-order valence-corrected chi connectivity index (χ1v) is 9.62. The molecule has 0 amide bonds. The Morgan fingerprint density at radius 2 is 1.91 bits per heavy atom. The van der Waals surface area contributed by atoms with Crippen molar-refractivity contribution in [3.05, 3.63) is 12.2 Å². The summed E-state index contributed by atoms with van der Waals surface area (Å²) in [6.45, 7) is 9.12. The maximum absolute atomic E-state index is 12.6. The number of ether oxygens (including phenoxy) is 1. The normalized spacial score (nSPS) is 51.8. The van der Waals surface area contributed by atoms with E-state index in [1.807, 2.05) is 0 Å². The lowest BCUT2D eigenvalue weighted by atomic mass is 9.41. The van der Waals surface area contributed by atoms with Gasteiger partial charge < -0.3 is 4.74 Å². The fourth-order valence-corrected chi connectivity index (χ4v) is 7.83. The van der Waals surface area contributed by atoms with Crippen LogP contribution >= 0.6 is 0 Å². The van der Waals surface area contributed by atoms with E-state index in [1.54, 1.807) is 7.11 Å². The molecule has 0 aliphatic heterocycles. The molecule has 1 spiro atoms. The molecule has 2 heteroatoms. The summed E-state index contributed by atoms with van der Waals surface area (Å²) in [4.78, 5) is 12.6. The van der Waals surface area contributed by atoms with E-state index in [0.29, 0.717) is 16.7 Å². The molecule has 4 aliphatic rings. The van der Waals surface area contributed by atoms with Gasteiger partial charge in [0, 0.05) is 0 Å². The van der Waals surface area contributed by atoms with Gasteiger partial charge in [0.2, 0.25) is 0 Å². The summed E-state index contributed by atoms with van der Waals surface area (Å²) in [7, 11) is 1.57. The average Bonchev–Trinajstić information content (AvgIpc) is 2.75. The van der Waals surface area contributed by atoms with E-state index in [1.165, 1.54) is 56.9 Å². The maximum atomic E-state index is 12.6. The van der Waals surface area contributed by atoms with E-state index in [-0.39, 0.29) is 11.4 Å². The van der Waals surface area contributed by atoms with Crippen molar-refractivity contribution in [3.8, 4) is 0 Å². The molecule has 2 bridgehead atoms. The molecule has 4 saturated carbocycles. The van der Waals surface area contributed by atoms with E-state index in [2.05, 4.69) is 20.4 Å². The smallest absolute Gasteiger partial charge is 0.311 e.